The first kappa shape index (κ1) is 15.9. The number of carbonyl (C=O) groups excluding carboxylic acids is 1. The summed E-state index contributed by atoms with van der Waals surface area (Å²) in [6.07, 6.45) is 0. The molecule has 0 aliphatic carbocycles. The van der Waals surface area contributed by atoms with Gasteiger partial charge in [0.05, 0.1) is 5.52 Å². The largest absolute Gasteiger partial charge is 0.341 e. The highest BCUT2D eigenvalue weighted by atomic mass is 19.1. The summed E-state index contributed by atoms with van der Waals surface area (Å²) in [7, 11) is 0. The Bertz CT molecular complexity index is 1000. The Morgan fingerprint density at radius 3 is 2.38 bits per heavy atom. The van der Waals surface area contributed by atoms with Crippen molar-refractivity contribution in [1.29, 1.82) is 0 Å². The molecule has 0 spiro atoms. The van der Waals surface area contributed by atoms with Crippen LogP contribution in [0.2, 0.25) is 0 Å². The molecule has 0 amide bonds. The van der Waals surface area contributed by atoms with Crippen molar-refractivity contribution in [3.8, 4) is 0 Å². The molecule has 0 aliphatic heterocycles. The molecule has 1 heterocycles. The normalized spacial score (nSPS) is 10.8. The summed E-state index contributed by atoms with van der Waals surface area (Å²) < 4.78 is 14.2. The summed E-state index contributed by atoms with van der Waals surface area (Å²) in [6, 6.07) is 10.4. The number of anilines is 2. The third-order valence-corrected chi connectivity index (χ3v) is 3.88. The number of hydrogen-bond donors (Lipinski definition) is 2. The first-order valence-electron chi connectivity index (χ1n) is 7.57. The molecule has 0 atom stereocenters. The average Bonchev–Trinajstić information content (AvgIpc) is 2.50. The number of halogens is 1. The van der Waals surface area contributed by atoms with Crippen LogP contribution in [0.25, 0.3) is 10.9 Å². The van der Waals surface area contributed by atoms with Crippen molar-refractivity contribution in [3.63, 3.8) is 0 Å². The van der Waals surface area contributed by atoms with E-state index in [1.807, 2.05) is 31.2 Å². The number of H-pyrrole nitrogens is 1. The zero-order chi connectivity index (χ0) is 17.4. The number of hydrogen-bond acceptors (Lipinski definition) is 3. The van der Waals surface area contributed by atoms with Crippen LogP contribution in [-0.2, 0) is 0 Å². The molecule has 0 aliphatic rings. The van der Waals surface area contributed by atoms with Crippen LogP contribution in [0.3, 0.4) is 0 Å². The van der Waals surface area contributed by atoms with Gasteiger partial charge >= 0.3 is 0 Å². The second-order valence-corrected chi connectivity index (χ2v) is 5.92. The van der Waals surface area contributed by atoms with Crippen LogP contribution < -0.4 is 10.7 Å². The molecule has 1 aromatic heterocycles. The minimum Gasteiger partial charge on any atom is -0.341 e. The van der Waals surface area contributed by atoms with Crippen molar-refractivity contribution < 1.29 is 9.18 Å². The Kier molecular flexibility index (Phi) is 3.93. The first-order chi connectivity index (χ1) is 11.4. The monoisotopic (exact) mass is 324 g/mol. The van der Waals surface area contributed by atoms with Crippen LogP contribution in [0.15, 0.2) is 41.2 Å². The number of ketones is 1. The predicted molar refractivity (Wildman–Crippen MR) is 93.7 cm³/mol. The maximum atomic E-state index is 14.2. The zero-order valence-electron chi connectivity index (χ0n) is 13.7. The summed E-state index contributed by atoms with van der Waals surface area (Å²) in [5.41, 5.74) is 2.01. The molecule has 0 saturated carbocycles. The molecule has 24 heavy (non-hydrogen) atoms. The van der Waals surface area contributed by atoms with E-state index in [1.165, 1.54) is 13.0 Å². The molecule has 2 aromatic carbocycles. The van der Waals surface area contributed by atoms with Crippen LogP contribution in [-0.4, -0.2) is 10.8 Å². The number of aromatic amines is 1. The Labute approximate surface area is 138 Å². The molecule has 2 N–H and O–H groups in total. The lowest BCUT2D eigenvalue weighted by molar-refractivity contribution is 0.101. The lowest BCUT2D eigenvalue weighted by Gasteiger charge is -2.13. The maximum absolute atomic E-state index is 14.2. The van der Waals surface area contributed by atoms with E-state index in [-0.39, 0.29) is 28.1 Å². The van der Waals surface area contributed by atoms with Gasteiger partial charge in [0.15, 0.2) is 5.78 Å². The molecule has 0 fully saturated rings. The summed E-state index contributed by atoms with van der Waals surface area (Å²) in [6.45, 7) is 4.98. The number of nitrogens with one attached hydrogen (secondary N) is 2. The molecular weight excluding hydrogens is 307 g/mol. The number of Topliss-reactive ketones (excluding diaryl/α,β-unsaturated/α-hetero) is 1. The Morgan fingerprint density at radius 1 is 1.08 bits per heavy atom. The molecule has 4 nitrogen and oxygen atoms in total. The SMILES string of the molecule is CC(=O)c1c(Nc2ccc(C)cc2)[nH]c2c(F)cc(C)cc2c1=O. The molecule has 122 valence electrons. The summed E-state index contributed by atoms with van der Waals surface area (Å²) >= 11 is 0. The minimum absolute atomic E-state index is 0.00641. The molecule has 0 bridgehead atoms. The molecule has 3 rings (SSSR count). The lowest BCUT2D eigenvalue weighted by atomic mass is 10.1. The van der Waals surface area contributed by atoms with E-state index in [0.717, 1.165) is 5.56 Å². The van der Waals surface area contributed by atoms with Gasteiger partial charge < -0.3 is 10.3 Å². The average molecular weight is 324 g/mol. The second kappa shape index (κ2) is 5.92. The van der Waals surface area contributed by atoms with Crippen molar-refractivity contribution >= 4 is 28.2 Å². The van der Waals surface area contributed by atoms with Crippen molar-refractivity contribution in [1.82, 2.24) is 4.98 Å². The highest BCUT2D eigenvalue weighted by Gasteiger charge is 2.18. The van der Waals surface area contributed by atoms with Gasteiger partial charge in [-0.1, -0.05) is 17.7 Å². The topological polar surface area (TPSA) is 62.0 Å². The van der Waals surface area contributed by atoms with E-state index in [9.17, 15) is 14.0 Å². The van der Waals surface area contributed by atoms with Gasteiger partial charge in [-0.2, -0.15) is 0 Å². The smallest absolute Gasteiger partial charge is 0.202 e. The second-order valence-electron chi connectivity index (χ2n) is 5.92. The van der Waals surface area contributed by atoms with Crippen LogP contribution in [0, 0.1) is 19.7 Å². The first-order valence-corrected chi connectivity index (χ1v) is 7.57. The number of fused-ring (bicyclic) bond motifs is 1. The molecule has 0 unspecified atom stereocenters. The molecule has 0 radical (unpaired) electrons. The van der Waals surface area contributed by atoms with Crippen molar-refractivity contribution in [3.05, 3.63) is 69.1 Å². The number of aryl methyl sites for hydroxylation is 2. The fourth-order valence-electron chi connectivity index (χ4n) is 2.69. The van der Waals surface area contributed by atoms with Gasteiger partial charge in [0, 0.05) is 11.1 Å². The quantitative estimate of drug-likeness (QED) is 0.709. The predicted octanol–water partition coefficient (Wildman–Crippen LogP) is 4.23. The Morgan fingerprint density at radius 2 is 1.75 bits per heavy atom. The highest BCUT2D eigenvalue weighted by molar-refractivity contribution is 6.02. The summed E-state index contributed by atoms with van der Waals surface area (Å²) in [5, 5.41) is 3.19. The van der Waals surface area contributed by atoms with E-state index in [2.05, 4.69) is 10.3 Å². The van der Waals surface area contributed by atoms with Crippen LogP contribution >= 0.6 is 0 Å². The van der Waals surface area contributed by atoms with E-state index in [1.54, 1.807) is 13.0 Å². The standard InChI is InChI=1S/C19H17FN2O2/c1-10-4-6-13(7-5-10)21-19-16(12(3)23)18(24)14-8-11(2)9-15(20)17(14)22-19/h4-9H,1-3H3,(H2,21,22,24). The van der Waals surface area contributed by atoms with Crippen molar-refractivity contribution in [2.75, 3.05) is 5.32 Å². The maximum Gasteiger partial charge on any atom is 0.202 e. The summed E-state index contributed by atoms with van der Waals surface area (Å²) in [5.74, 6) is -0.703. The third-order valence-electron chi connectivity index (χ3n) is 3.88. The third kappa shape index (κ3) is 2.80. The fraction of sp³-hybridized carbons (Fsp3) is 0.158. The molecule has 0 saturated heterocycles. The highest BCUT2D eigenvalue weighted by Crippen LogP contribution is 2.23. The van der Waals surface area contributed by atoms with E-state index in [0.29, 0.717) is 11.3 Å². The number of rotatable bonds is 3. The van der Waals surface area contributed by atoms with Gasteiger partial charge in [0.2, 0.25) is 5.43 Å². The number of carbonyl (C=O) groups is 1. The number of benzene rings is 2. The van der Waals surface area contributed by atoms with Crippen molar-refractivity contribution in [2.45, 2.75) is 20.8 Å². The van der Waals surface area contributed by atoms with Gasteiger partial charge in [-0.05, 0) is 50.6 Å². The van der Waals surface area contributed by atoms with Crippen LogP contribution in [0.1, 0.15) is 28.4 Å². The van der Waals surface area contributed by atoms with Gasteiger partial charge in [-0.15, -0.1) is 0 Å². The molecular formula is C19H17FN2O2. The molecule has 5 heteroatoms. The number of pyridine rings is 1. The Balaban J connectivity index is 2.26. The van der Waals surface area contributed by atoms with Gasteiger partial charge in [-0.3, -0.25) is 9.59 Å². The number of aromatic nitrogens is 1. The minimum atomic E-state index is -0.524. The van der Waals surface area contributed by atoms with E-state index >= 15 is 0 Å². The fourth-order valence-corrected chi connectivity index (χ4v) is 2.69. The lowest BCUT2D eigenvalue weighted by Crippen LogP contribution is -2.18. The molecule has 3 aromatic rings. The van der Waals surface area contributed by atoms with E-state index < -0.39 is 11.2 Å². The van der Waals surface area contributed by atoms with E-state index in [4.69, 9.17) is 0 Å². The van der Waals surface area contributed by atoms with Crippen LogP contribution in [0.4, 0.5) is 15.9 Å². The van der Waals surface area contributed by atoms with Crippen molar-refractivity contribution in [2.24, 2.45) is 0 Å². The van der Waals surface area contributed by atoms with Gasteiger partial charge in [0.1, 0.15) is 17.2 Å². The van der Waals surface area contributed by atoms with Crippen LogP contribution in [0.5, 0.6) is 0 Å². The zero-order valence-corrected chi connectivity index (χ0v) is 13.7. The Hall–Kier alpha value is -2.95. The van der Waals surface area contributed by atoms with Gasteiger partial charge in [-0.25, -0.2) is 4.39 Å². The van der Waals surface area contributed by atoms with Gasteiger partial charge in [0.25, 0.3) is 0 Å². The summed E-state index contributed by atoms with van der Waals surface area (Å²) in [4.78, 5) is 27.6.